The Kier molecular flexibility index (Phi) is 6.63. The van der Waals surface area contributed by atoms with E-state index in [9.17, 15) is 13.9 Å². The van der Waals surface area contributed by atoms with Gasteiger partial charge in [0.1, 0.15) is 12.4 Å². The van der Waals surface area contributed by atoms with Gasteiger partial charge in [0.2, 0.25) is 0 Å². The molecule has 102 valence electrons. The smallest absolute Gasteiger partial charge is 0.261 e. The van der Waals surface area contributed by atoms with Gasteiger partial charge >= 0.3 is 0 Å². The molecule has 1 rings (SSSR count). The summed E-state index contributed by atoms with van der Waals surface area (Å²) in [5.41, 5.74) is 0.543. The van der Waals surface area contributed by atoms with Crippen LogP contribution in [0.25, 0.3) is 0 Å². The second-order valence-electron chi connectivity index (χ2n) is 3.54. The van der Waals surface area contributed by atoms with Gasteiger partial charge in [0, 0.05) is 23.7 Å². The lowest BCUT2D eigenvalue weighted by Crippen LogP contribution is -2.20. The van der Waals surface area contributed by atoms with Crippen LogP contribution in [0.5, 0.6) is 5.75 Å². The van der Waals surface area contributed by atoms with E-state index in [1.54, 1.807) is 6.07 Å². The summed E-state index contributed by atoms with van der Waals surface area (Å²) in [6.07, 6.45) is -2.46. The van der Waals surface area contributed by atoms with Crippen LogP contribution >= 0.6 is 23.2 Å². The monoisotopic (exact) mass is 299 g/mol. The van der Waals surface area contributed by atoms with Gasteiger partial charge < -0.3 is 15.2 Å². The highest BCUT2D eigenvalue weighted by molar-refractivity contribution is 6.35. The molecule has 0 radical (unpaired) electrons. The van der Waals surface area contributed by atoms with Gasteiger partial charge in [-0.1, -0.05) is 23.2 Å². The summed E-state index contributed by atoms with van der Waals surface area (Å²) >= 11 is 11.5. The van der Waals surface area contributed by atoms with E-state index in [0.29, 0.717) is 23.7 Å². The molecular formula is C11H13Cl2F2NO2. The number of hydrogen-bond acceptors (Lipinski definition) is 3. The molecule has 0 amide bonds. The fraction of sp³-hybridized carbons (Fsp3) is 0.455. The SMILES string of the molecule is Oc1c(Cl)cc(Cl)cc1CNCCOCC(F)F. The number of rotatable bonds is 7. The van der Waals surface area contributed by atoms with Crippen molar-refractivity contribution in [3.05, 3.63) is 27.7 Å². The van der Waals surface area contributed by atoms with Gasteiger partial charge in [-0.3, -0.25) is 0 Å². The average Bonchev–Trinajstić information content (AvgIpc) is 2.29. The summed E-state index contributed by atoms with van der Waals surface area (Å²) in [5, 5.41) is 13.2. The Morgan fingerprint density at radius 1 is 1.33 bits per heavy atom. The molecule has 0 spiro atoms. The molecule has 0 unspecified atom stereocenters. The predicted molar refractivity (Wildman–Crippen MR) is 66.7 cm³/mol. The molecule has 0 aliphatic rings. The van der Waals surface area contributed by atoms with Crippen molar-refractivity contribution in [1.82, 2.24) is 5.32 Å². The minimum atomic E-state index is -2.46. The van der Waals surface area contributed by atoms with Gasteiger partial charge in [0.25, 0.3) is 6.43 Å². The van der Waals surface area contributed by atoms with Crippen molar-refractivity contribution in [3.63, 3.8) is 0 Å². The zero-order valence-corrected chi connectivity index (χ0v) is 10.9. The number of alkyl halides is 2. The topological polar surface area (TPSA) is 41.5 Å². The van der Waals surface area contributed by atoms with Crippen LogP contribution in [-0.2, 0) is 11.3 Å². The molecule has 2 N–H and O–H groups in total. The van der Waals surface area contributed by atoms with E-state index in [1.165, 1.54) is 6.07 Å². The minimum absolute atomic E-state index is 0.0398. The number of ether oxygens (including phenoxy) is 1. The summed E-state index contributed by atoms with van der Waals surface area (Å²) in [5.74, 6) is -0.0398. The number of halogens is 4. The second kappa shape index (κ2) is 7.74. The summed E-state index contributed by atoms with van der Waals surface area (Å²) < 4.78 is 28.2. The highest BCUT2D eigenvalue weighted by atomic mass is 35.5. The first-order chi connectivity index (χ1) is 8.50. The first-order valence-electron chi connectivity index (χ1n) is 5.24. The molecule has 1 aromatic rings. The van der Waals surface area contributed by atoms with Crippen LogP contribution in [0.1, 0.15) is 5.56 Å². The molecule has 0 aliphatic carbocycles. The van der Waals surface area contributed by atoms with Crippen molar-refractivity contribution in [2.24, 2.45) is 0 Å². The summed E-state index contributed by atoms with van der Waals surface area (Å²) in [6, 6.07) is 3.02. The lowest BCUT2D eigenvalue weighted by atomic mass is 10.2. The normalized spacial score (nSPS) is 11.2. The molecule has 0 heterocycles. The zero-order chi connectivity index (χ0) is 13.5. The third-order valence-corrected chi connectivity index (χ3v) is 2.60. The Labute approximate surface area is 114 Å². The zero-order valence-electron chi connectivity index (χ0n) is 9.43. The van der Waals surface area contributed by atoms with Crippen molar-refractivity contribution in [2.75, 3.05) is 19.8 Å². The van der Waals surface area contributed by atoms with Gasteiger partial charge in [0.15, 0.2) is 0 Å². The van der Waals surface area contributed by atoms with Crippen molar-refractivity contribution < 1.29 is 18.6 Å². The molecule has 3 nitrogen and oxygen atoms in total. The average molecular weight is 300 g/mol. The number of nitrogens with one attached hydrogen (secondary N) is 1. The van der Waals surface area contributed by atoms with Crippen LogP contribution in [0.4, 0.5) is 8.78 Å². The highest BCUT2D eigenvalue weighted by Gasteiger charge is 2.07. The molecule has 0 saturated heterocycles. The Hall–Kier alpha value is -0.620. The van der Waals surface area contributed by atoms with E-state index in [4.69, 9.17) is 23.2 Å². The lowest BCUT2D eigenvalue weighted by Gasteiger charge is -2.09. The van der Waals surface area contributed by atoms with Crippen LogP contribution < -0.4 is 5.32 Å². The van der Waals surface area contributed by atoms with Crippen molar-refractivity contribution >= 4 is 23.2 Å². The number of hydrogen-bond donors (Lipinski definition) is 2. The molecule has 1 aromatic carbocycles. The van der Waals surface area contributed by atoms with Gasteiger partial charge in [-0.05, 0) is 12.1 Å². The van der Waals surface area contributed by atoms with E-state index in [2.05, 4.69) is 10.1 Å². The van der Waals surface area contributed by atoms with Gasteiger partial charge in [-0.2, -0.15) is 0 Å². The molecule has 0 bridgehead atoms. The van der Waals surface area contributed by atoms with E-state index in [-0.39, 0.29) is 17.4 Å². The van der Waals surface area contributed by atoms with Crippen molar-refractivity contribution in [3.8, 4) is 5.75 Å². The molecule has 0 aliphatic heterocycles. The quantitative estimate of drug-likeness (QED) is 0.760. The molecule has 0 fully saturated rings. The van der Waals surface area contributed by atoms with Crippen molar-refractivity contribution in [1.29, 1.82) is 0 Å². The van der Waals surface area contributed by atoms with Gasteiger partial charge in [0.05, 0.1) is 11.6 Å². The van der Waals surface area contributed by atoms with Crippen LogP contribution in [0.2, 0.25) is 10.0 Å². The maximum atomic E-state index is 11.7. The number of aromatic hydroxyl groups is 1. The first-order valence-corrected chi connectivity index (χ1v) is 5.99. The minimum Gasteiger partial charge on any atom is -0.506 e. The Balaban J connectivity index is 2.31. The number of phenols is 1. The molecule has 7 heteroatoms. The number of phenolic OH excluding ortho intramolecular Hbond substituents is 1. The maximum Gasteiger partial charge on any atom is 0.261 e. The molecule has 18 heavy (non-hydrogen) atoms. The first kappa shape index (κ1) is 15.4. The predicted octanol–water partition coefficient (Wildman–Crippen LogP) is 3.07. The molecule has 0 saturated carbocycles. The second-order valence-corrected chi connectivity index (χ2v) is 4.38. The largest absolute Gasteiger partial charge is 0.506 e. The van der Waals surface area contributed by atoms with E-state index in [0.717, 1.165) is 0 Å². The molecule has 0 atom stereocenters. The van der Waals surface area contributed by atoms with Crippen LogP contribution in [-0.4, -0.2) is 31.3 Å². The van der Waals surface area contributed by atoms with E-state index >= 15 is 0 Å². The van der Waals surface area contributed by atoms with E-state index in [1.807, 2.05) is 0 Å². The third kappa shape index (κ3) is 5.35. The van der Waals surface area contributed by atoms with Crippen molar-refractivity contribution in [2.45, 2.75) is 13.0 Å². The fourth-order valence-corrected chi connectivity index (χ4v) is 1.83. The third-order valence-electron chi connectivity index (χ3n) is 2.09. The molecular weight excluding hydrogens is 287 g/mol. The summed E-state index contributed by atoms with van der Waals surface area (Å²) in [6.45, 7) is 0.301. The van der Waals surface area contributed by atoms with Crippen LogP contribution in [0.15, 0.2) is 12.1 Å². The van der Waals surface area contributed by atoms with Gasteiger partial charge in [-0.15, -0.1) is 0 Å². The Morgan fingerprint density at radius 3 is 2.72 bits per heavy atom. The highest BCUT2D eigenvalue weighted by Crippen LogP contribution is 2.30. The summed E-state index contributed by atoms with van der Waals surface area (Å²) in [7, 11) is 0. The van der Waals surface area contributed by atoms with E-state index < -0.39 is 13.0 Å². The fourth-order valence-electron chi connectivity index (χ4n) is 1.29. The maximum absolute atomic E-state index is 11.7. The Bertz CT molecular complexity index is 392. The Morgan fingerprint density at radius 2 is 2.06 bits per heavy atom. The standard InChI is InChI=1S/C11H13Cl2F2NO2/c12-8-3-7(11(17)9(13)4-8)5-16-1-2-18-6-10(14)15/h3-4,10,16-17H,1-2,5-6H2. The van der Waals surface area contributed by atoms with Crippen LogP contribution in [0.3, 0.4) is 0 Å². The molecule has 0 aromatic heterocycles. The van der Waals surface area contributed by atoms with Crippen LogP contribution in [0, 0.1) is 0 Å². The van der Waals surface area contributed by atoms with Gasteiger partial charge in [-0.25, -0.2) is 8.78 Å². The lowest BCUT2D eigenvalue weighted by molar-refractivity contribution is 0.0187. The summed E-state index contributed by atoms with van der Waals surface area (Å²) in [4.78, 5) is 0. The number of benzene rings is 1.